The predicted octanol–water partition coefficient (Wildman–Crippen LogP) is 0.629. The number of ether oxygens (including phenoxy) is 1. The highest BCUT2D eigenvalue weighted by molar-refractivity contribution is 5.03. The molecule has 1 aromatic rings. The topological polar surface area (TPSA) is 61.5 Å². The predicted molar refractivity (Wildman–Crippen MR) is 84.9 cm³/mol. The van der Waals surface area contributed by atoms with Gasteiger partial charge < -0.3 is 9.72 Å². The van der Waals surface area contributed by atoms with Gasteiger partial charge in [-0.2, -0.15) is 0 Å². The number of aryl methyl sites for hydroxylation is 1. The first-order chi connectivity index (χ1) is 10.7. The van der Waals surface area contributed by atoms with E-state index in [4.69, 9.17) is 4.74 Å². The molecule has 0 spiro atoms. The summed E-state index contributed by atoms with van der Waals surface area (Å²) >= 11 is 0. The summed E-state index contributed by atoms with van der Waals surface area (Å²) in [5.41, 5.74) is 0.841. The Balaban J connectivity index is 1.63. The van der Waals surface area contributed by atoms with Gasteiger partial charge in [0.15, 0.2) is 0 Å². The molecule has 0 aliphatic carbocycles. The first kappa shape index (κ1) is 15.6. The maximum absolute atomic E-state index is 11.7. The number of aromatic nitrogens is 2. The Labute approximate surface area is 131 Å². The molecule has 2 aliphatic rings. The van der Waals surface area contributed by atoms with Crippen LogP contribution in [0.1, 0.15) is 31.3 Å². The van der Waals surface area contributed by atoms with Gasteiger partial charge >= 0.3 is 0 Å². The number of nitrogens with one attached hydrogen (secondary N) is 1. The Hall–Kier alpha value is -1.24. The van der Waals surface area contributed by atoms with E-state index in [1.54, 1.807) is 6.07 Å². The maximum Gasteiger partial charge on any atom is 0.251 e. The second-order valence-electron chi connectivity index (χ2n) is 6.22. The standard InChI is InChI=1S/C16H26N4O2/c1-2-13-10-16(21)18-15(17-13)12-20-5-3-4-14(20)11-19-6-8-22-9-7-19/h10,14H,2-9,11-12H2,1H3,(H,17,18,21). The molecule has 0 radical (unpaired) electrons. The van der Waals surface area contributed by atoms with E-state index in [1.807, 2.05) is 6.92 Å². The lowest BCUT2D eigenvalue weighted by atomic mass is 10.2. The minimum Gasteiger partial charge on any atom is -0.379 e. The molecule has 1 atom stereocenters. The van der Waals surface area contributed by atoms with Gasteiger partial charge in [0.05, 0.1) is 19.8 Å². The third-order valence-corrected chi connectivity index (χ3v) is 4.63. The molecule has 1 unspecified atom stereocenters. The lowest BCUT2D eigenvalue weighted by Gasteiger charge is -2.32. The van der Waals surface area contributed by atoms with Crippen molar-refractivity contribution >= 4 is 0 Å². The van der Waals surface area contributed by atoms with Crippen LogP contribution in [0.2, 0.25) is 0 Å². The van der Waals surface area contributed by atoms with Crippen LogP contribution in [0, 0.1) is 0 Å². The molecule has 6 heteroatoms. The monoisotopic (exact) mass is 306 g/mol. The molecule has 1 N–H and O–H groups in total. The van der Waals surface area contributed by atoms with E-state index in [0.29, 0.717) is 6.04 Å². The van der Waals surface area contributed by atoms with Gasteiger partial charge in [0.25, 0.3) is 5.56 Å². The molecule has 2 aliphatic heterocycles. The minimum absolute atomic E-state index is 0.0363. The molecule has 0 amide bonds. The van der Waals surface area contributed by atoms with Crippen molar-refractivity contribution in [2.24, 2.45) is 0 Å². The molecule has 1 aromatic heterocycles. The van der Waals surface area contributed by atoms with Crippen molar-refractivity contribution in [1.29, 1.82) is 0 Å². The molecule has 122 valence electrons. The lowest BCUT2D eigenvalue weighted by Crippen LogP contribution is -2.45. The van der Waals surface area contributed by atoms with Crippen molar-refractivity contribution in [3.05, 3.63) is 27.9 Å². The van der Waals surface area contributed by atoms with Crippen molar-refractivity contribution in [3.63, 3.8) is 0 Å². The fourth-order valence-corrected chi connectivity index (χ4v) is 3.40. The lowest BCUT2D eigenvalue weighted by molar-refractivity contribution is 0.0260. The van der Waals surface area contributed by atoms with Crippen LogP contribution in [-0.2, 0) is 17.7 Å². The van der Waals surface area contributed by atoms with Gasteiger partial charge in [-0.15, -0.1) is 0 Å². The third-order valence-electron chi connectivity index (χ3n) is 4.63. The normalized spacial score (nSPS) is 24.0. The summed E-state index contributed by atoms with van der Waals surface area (Å²) in [6, 6.07) is 2.16. The van der Waals surface area contributed by atoms with Crippen molar-refractivity contribution in [3.8, 4) is 0 Å². The summed E-state index contributed by atoms with van der Waals surface area (Å²) in [5.74, 6) is 0.804. The van der Waals surface area contributed by atoms with E-state index >= 15 is 0 Å². The van der Waals surface area contributed by atoms with E-state index in [1.165, 1.54) is 12.8 Å². The number of rotatable bonds is 5. The van der Waals surface area contributed by atoms with Gasteiger partial charge in [0.1, 0.15) is 5.82 Å². The third kappa shape index (κ3) is 3.94. The zero-order valence-corrected chi connectivity index (χ0v) is 13.4. The number of H-pyrrole nitrogens is 1. The maximum atomic E-state index is 11.7. The van der Waals surface area contributed by atoms with Crippen LogP contribution in [0.3, 0.4) is 0 Å². The number of likely N-dealkylation sites (tertiary alicyclic amines) is 1. The Kier molecular flexibility index (Phi) is 5.23. The molecule has 3 rings (SSSR count). The van der Waals surface area contributed by atoms with Gasteiger partial charge in [0, 0.05) is 37.4 Å². The Bertz CT molecular complexity index is 539. The highest BCUT2D eigenvalue weighted by Gasteiger charge is 2.27. The molecule has 6 nitrogen and oxygen atoms in total. The summed E-state index contributed by atoms with van der Waals surface area (Å²) in [6.45, 7) is 8.73. The minimum atomic E-state index is -0.0363. The number of morpholine rings is 1. The van der Waals surface area contributed by atoms with Gasteiger partial charge in [-0.05, 0) is 25.8 Å². The number of hydrogen-bond donors (Lipinski definition) is 1. The van der Waals surface area contributed by atoms with Crippen molar-refractivity contribution in [2.75, 3.05) is 39.4 Å². The van der Waals surface area contributed by atoms with Crippen LogP contribution < -0.4 is 5.56 Å². The van der Waals surface area contributed by atoms with Crippen LogP contribution in [0.5, 0.6) is 0 Å². The Morgan fingerprint density at radius 2 is 2.18 bits per heavy atom. The Morgan fingerprint density at radius 3 is 2.95 bits per heavy atom. The molecular weight excluding hydrogens is 280 g/mol. The van der Waals surface area contributed by atoms with E-state index in [9.17, 15) is 4.79 Å². The second kappa shape index (κ2) is 7.35. The number of nitrogens with zero attached hydrogens (tertiary/aromatic N) is 3. The zero-order valence-electron chi connectivity index (χ0n) is 13.4. The highest BCUT2D eigenvalue weighted by Crippen LogP contribution is 2.20. The zero-order chi connectivity index (χ0) is 15.4. The van der Waals surface area contributed by atoms with E-state index in [-0.39, 0.29) is 5.56 Å². The Morgan fingerprint density at radius 1 is 1.36 bits per heavy atom. The summed E-state index contributed by atoms with van der Waals surface area (Å²) in [4.78, 5) is 24.1. The second-order valence-corrected chi connectivity index (χ2v) is 6.22. The van der Waals surface area contributed by atoms with Gasteiger partial charge in [0.2, 0.25) is 0 Å². The molecule has 0 aromatic carbocycles. The van der Waals surface area contributed by atoms with Crippen molar-refractivity contribution in [2.45, 2.75) is 38.8 Å². The fourth-order valence-electron chi connectivity index (χ4n) is 3.40. The summed E-state index contributed by atoms with van der Waals surface area (Å²) in [7, 11) is 0. The first-order valence-corrected chi connectivity index (χ1v) is 8.38. The smallest absolute Gasteiger partial charge is 0.251 e. The van der Waals surface area contributed by atoms with E-state index in [2.05, 4.69) is 19.8 Å². The molecule has 2 saturated heterocycles. The quantitative estimate of drug-likeness (QED) is 0.864. The molecule has 22 heavy (non-hydrogen) atoms. The van der Waals surface area contributed by atoms with Gasteiger partial charge in [-0.3, -0.25) is 14.6 Å². The molecule has 0 saturated carbocycles. The molecule has 2 fully saturated rings. The summed E-state index contributed by atoms with van der Waals surface area (Å²) in [5, 5.41) is 0. The summed E-state index contributed by atoms with van der Waals surface area (Å²) in [6.07, 6.45) is 3.26. The fraction of sp³-hybridized carbons (Fsp3) is 0.750. The number of aromatic amines is 1. The molecule has 3 heterocycles. The van der Waals surface area contributed by atoms with Gasteiger partial charge in [-0.25, -0.2) is 4.98 Å². The van der Waals surface area contributed by atoms with Gasteiger partial charge in [-0.1, -0.05) is 6.92 Å². The largest absolute Gasteiger partial charge is 0.379 e. The first-order valence-electron chi connectivity index (χ1n) is 8.38. The van der Waals surface area contributed by atoms with Crippen LogP contribution in [0.25, 0.3) is 0 Å². The van der Waals surface area contributed by atoms with Crippen LogP contribution in [-0.4, -0.2) is 65.2 Å². The van der Waals surface area contributed by atoms with Crippen LogP contribution in [0.15, 0.2) is 10.9 Å². The van der Waals surface area contributed by atoms with Crippen LogP contribution >= 0.6 is 0 Å². The highest BCUT2D eigenvalue weighted by atomic mass is 16.5. The van der Waals surface area contributed by atoms with Crippen LogP contribution in [0.4, 0.5) is 0 Å². The van der Waals surface area contributed by atoms with Crippen molar-refractivity contribution < 1.29 is 4.74 Å². The SMILES string of the molecule is CCc1cc(=O)[nH]c(CN2CCCC2CN2CCOCC2)n1. The number of hydrogen-bond acceptors (Lipinski definition) is 5. The average molecular weight is 306 g/mol. The summed E-state index contributed by atoms with van der Waals surface area (Å²) < 4.78 is 5.42. The molecular formula is C16H26N4O2. The van der Waals surface area contributed by atoms with E-state index in [0.717, 1.165) is 63.9 Å². The average Bonchev–Trinajstić information content (AvgIpc) is 2.94. The van der Waals surface area contributed by atoms with Crippen molar-refractivity contribution in [1.82, 2.24) is 19.8 Å². The van der Waals surface area contributed by atoms with E-state index < -0.39 is 0 Å². The molecule has 0 bridgehead atoms.